The van der Waals surface area contributed by atoms with Crippen LogP contribution in [0.1, 0.15) is 72.6 Å². The summed E-state index contributed by atoms with van der Waals surface area (Å²) in [4.78, 5) is 18.5. The molecule has 1 unspecified atom stereocenters. The summed E-state index contributed by atoms with van der Waals surface area (Å²) in [7, 11) is 1.66. The number of aromatic nitrogens is 6. The Hall–Kier alpha value is -5.43. The number of carbonyl (C=O) groups is 1. The number of anilines is 1. The van der Waals surface area contributed by atoms with Crippen LogP contribution in [0.15, 0.2) is 48.7 Å². The molecule has 4 aromatic heterocycles. The molecule has 7 rings (SSSR count). The number of fused-ring (bicyclic) bond motifs is 4. The van der Waals surface area contributed by atoms with Crippen molar-refractivity contribution in [1.82, 2.24) is 34.7 Å². The maximum atomic E-state index is 15.3. The Kier molecular flexibility index (Phi) is 8.28. The summed E-state index contributed by atoms with van der Waals surface area (Å²) >= 11 is 0. The number of benzene rings is 1. The van der Waals surface area contributed by atoms with Gasteiger partial charge in [-0.3, -0.25) is 13.9 Å². The zero-order chi connectivity index (χ0) is 36.4. The molecular weight excluding hydrogens is 678 g/mol. The lowest BCUT2D eigenvalue weighted by Crippen LogP contribution is -2.35. The molecule has 16 heteroatoms. The average Bonchev–Trinajstić information content (AvgIpc) is 3.51. The molecule has 1 saturated carbocycles. The van der Waals surface area contributed by atoms with Crippen molar-refractivity contribution in [2.24, 2.45) is 5.92 Å². The molecular formula is C35H30F6N8O2. The first-order valence-electron chi connectivity index (χ1n) is 15.9. The number of nitrogens with zero attached hydrogens (tertiary/aromatic N) is 6. The third-order valence-electron chi connectivity index (χ3n) is 8.86. The normalized spacial score (nSPS) is 17.9. The van der Waals surface area contributed by atoms with Crippen molar-refractivity contribution in [1.29, 1.82) is 0 Å². The van der Waals surface area contributed by atoms with E-state index in [1.54, 1.807) is 41.9 Å². The highest BCUT2D eigenvalue weighted by molar-refractivity contribution is 5.81. The van der Waals surface area contributed by atoms with Crippen LogP contribution >= 0.6 is 0 Å². The molecule has 0 aliphatic heterocycles. The molecule has 3 atom stereocenters. The summed E-state index contributed by atoms with van der Waals surface area (Å²) < 4.78 is 89.5. The number of alkyl halides is 4. The quantitative estimate of drug-likeness (QED) is 0.133. The molecule has 5 aromatic rings. The molecule has 2 aliphatic carbocycles. The van der Waals surface area contributed by atoms with Gasteiger partial charge in [-0.25, -0.2) is 22.5 Å². The number of carbonyl (C=O) groups excluding carboxylic acids is 1. The number of hydrogen-bond donors (Lipinski definition) is 3. The summed E-state index contributed by atoms with van der Waals surface area (Å²) in [6.45, 7) is 2.10. The number of rotatable bonds is 9. The maximum Gasteiger partial charge on any atom is 0.293 e. The molecule has 0 radical (unpaired) electrons. The molecule has 264 valence electrons. The smallest absolute Gasteiger partial charge is 0.293 e. The molecule has 4 heterocycles. The summed E-state index contributed by atoms with van der Waals surface area (Å²) in [5, 5.41) is 28.1. The Morgan fingerprint density at radius 1 is 1.10 bits per heavy atom. The van der Waals surface area contributed by atoms with Crippen molar-refractivity contribution < 1.29 is 36.2 Å². The lowest BCUT2D eigenvalue weighted by Gasteiger charge is -2.23. The van der Waals surface area contributed by atoms with Crippen LogP contribution in [0.4, 0.5) is 32.3 Å². The fraction of sp³-hybridized carbons (Fsp3) is 0.343. The summed E-state index contributed by atoms with van der Waals surface area (Å²) in [6, 6.07) is 8.29. The number of hydrogen-bond acceptors (Lipinski definition) is 7. The van der Waals surface area contributed by atoms with Gasteiger partial charge >= 0.3 is 0 Å². The Balaban J connectivity index is 1.34. The van der Waals surface area contributed by atoms with Crippen LogP contribution in [-0.4, -0.2) is 53.0 Å². The summed E-state index contributed by atoms with van der Waals surface area (Å²) in [5.74, 6) is -2.13. The van der Waals surface area contributed by atoms with Gasteiger partial charge in [0.1, 0.15) is 40.9 Å². The Labute approximate surface area is 286 Å². The highest BCUT2D eigenvalue weighted by Gasteiger charge is 2.67. The number of halogens is 6. The van der Waals surface area contributed by atoms with Crippen LogP contribution in [0.3, 0.4) is 0 Å². The molecule has 0 saturated heterocycles. The van der Waals surface area contributed by atoms with E-state index in [4.69, 9.17) is 4.98 Å². The predicted octanol–water partition coefficient (Wildman–Crippen LogP) is 5.68. The minimum atomic E-state index is -3.45. The van der Waals surface area contributed by atoms with Gasteiger partial charge in [0, 0.05) is 41.9 Å². The average molecular weight is 709 g/mol. The second-order valence-electron chi connectivity index (χ2n) is 13.1. The van der Waals surface area contributed by atoms with Crippen LogP contribution in [0, 0.1) is 29.4 Å². The fourth-order valence-corrected chi connectivity index (χ4v) is 6.69. The van der Waals surface area contributed by atoms with Crippen molar-refractivity contribution in [2.75, 3.05) is 12.4 Å². The van der Waals surface area contributed by atoms with Gasteiger partial charge in [0.05, 0.1) is 11.7 Å². The fourth-order valence-electron chi connectivity index (χ4n) is 6.69. The molecule has 10 nitrogen and oxygen atoms in total. The monoisotopic (exact) mass is 708 g/mol. The van der Waals surface area contributed by atoms with Crippen molar-refractivity contribution >= 4 is 17.5 Å². The second-order valence-corrected chi connectivity index (χ2v) is 13.1. The Morgan fingerprint density at radius 3 is 2.53 bits per heavy atom. The highest BCUT2D eigenvalue weighted by Crippen LogP contribution is 2.68. The third-order valence-corrected chi connectivity index (χ3v) is 8.86. The number of aliphatic hydroxyl groups is 1. The first kappa shape index (κ1) is 34.0. The highest BCUT2D eigenvalue weighted by atomic mass is 19.3. The summed E-state index contributed by atoms with van der Waals surface area (Å²) in [6.07, 6.45) is -1.61. The predicted molar refractivity (Wildman–Crippen MR) is 172 cm³/mol. The zero-order valence-corrected chi connectivity index (χ0v) is 27.4. The minimum Gasteiger partial charge on any atom is -0.378 e. The minimum absolute atomic E-state index is 0.0552. The molecule has 1 fully saturated rings. The Morgan fingerprint density at radius 2 is 1.84 bits per heavy atom. The van der Waals surface area contributed by atoms with E-state index in [1.165, 1.54) is 13.8 Å². The van der Waals surface area contributed by atoms with Crippen LogP contribution in [0.5, 0.6) is 0 Å². The summed E-state index contributed by atoms with van der Waals surface area (Å²) in [5.41, 5.74) is -1.41. The standard InChI is InChI=1S/C35H30F6N8O2/c1-34(2,51)9-8-20-6-7-21(22-5-4-10-48-32(22)45-46-33(48)42-3)28(43-20)25(13-17-11-18(36)14-19(37)12-17)44-26(50)16-49-30-27(29(47-49)31(38)39)23-15-24(23)35(30,40)41/h4-7,10-12,14,23-25,31,51H,13,15-16H2,1-3H3,(H,42,46)(H,44,50)/t23?,24-,25+/m1/s1. The molecule has 0 spiro atoms. The SMILES string of the molecule is CNc1nnc2c(-c3ccc(C#CC(C)(C)O)nc3[C@H](Cc3cc(F)cc(F)c3)NC(=O)Cn3nc(C(F)F)c4c3C(F)(F)[C@@H]3CC43)cccn12. The van der Waals surface area contributed by atoms with E-state index < -0.39 is 71.3 Å². The van der Waals surface area contributed by atoms with Crippen molar-refractivity contribution in [2.45, 2.75) is 63.1 Å². The second kappa shape index (κ2) is 12.4. The molecule has 1 amide bonds. The van der Waals surface area contributed by atoms with Crippen LogP contribution in [0.2, 0.25) is 0 Å². The third kappa shape index (κ3) is 6.37. The van der Waals surface area contributed by atoms with Crippen molar-refractivity contribution in [3.8, 4) is 23.0 Å². The molecule has 2 aliphatic rings. The first-order chi connectivity index (χ1) is 24.1. The van der Waals surface area contributed by atoms with Crippen molar-refractivity contribution in [3.05, 3.63) is 94.2 Å². The van der Waals surface area contributed by atoms with Crippen LogP contribution in [-0.2, 0) is 23.7 Å². The molecule has 1 aromatic carbocycles. The number of nitrogens with one attached hydrogen (secondary N) is 2. The lowest BCUT2D eigenvalue weighted by molar-refractivity contribution is -0.123. The van der Waals surface area contributed by atoms with E-state index in [-0.39, 0.29) is 35.4 Å². The van der Waals surface area contributed by atoms with Gasteiger partial charge in [0.2, 0.25) is 11.9 Å². The lowest BCUT2D eigenvalue weighted by atomic mass is 9.95. The van der Waals surface area contributed by atoms with Gasteiger partial charge in [0.15, 0.2) is 5.65 Å². The van der Waals surface area contributed by atoms with Gasteiger partial charge in [0.25, 0.3) is 12.3 Å². The Bertz CT molecular complexity index is 2230. The van der Waals surface area contributed by atoms with Gasteiger partial charge in [-0.15, -0.1) is 10.2 Å². The largest absolute Gasteiger partial charge is 0.378 e. The molecule has 0 bridgehead atoms. The molecule has 3 N–H and O–H groups in total. The van der Waals surface area contributed by atoms with E-state index in [1.807, 2.05) is 0 Å². The van der Waals surface area contributed by atoms with Gasteiger partial charge in [-0.1, -0.05) is 5.92 Å². The van der Waals surface area contributed by atoms with E-state index in [2.05, 4.69) is 37.8 Å². The first-order valence-corrected chi connectivity index (χ1v) is 15.9. The van der Waals surface area contributed by atoms with Gasteiger partial charge in [-0.2, -0.15) is 13.9 Å². The van der Waals surface area contributed by atoms with E-state index in [9.17, 15) is 27.5 Å². The van der Waals surface area contributed by atoms with Crippen LogP contribution in [0.25, 0.3) is 16.8 Å². The van der Waals surface area contributed by atoms with Gasteiger partial charge in [-0.05, 0) is 80.5 Å². The number of pyridine rings is 2. The zero-order valence-electron chi connectivity index (χ0n) is 27.4. The van der Waals surface area contributed by atoms with Crippen molar-refractivity contribution in [3.63, 3.8) is 0 Å². The topological polar surface area (TPSA) is 122 Å². The van der Waals surface area contributed by atoms with E-state index in [0.717, 1.165) is 12.1 Å². The van der Waals surface area contributed by atoms with Crippen LogP contribution < -0.4 is 10.6 Å². The van der Waals surface area contributed by atoms with E-state index >= 15 is 8.78 Å². The number of amides is 1. The maximum absolute atomic E-state index is 15.3. The van der Waals surface area contributed by atoms with Gasteiger partial charge < -0.3 is 15.7 Å². The van der Waals surface area contributed by atoms with E-state index in [0.29, 0.717) is 33.5 Å². The molecule has 51 heavy (non-hydrogen) atoms.